The Morgan fingerprint density at radius 3 is 1.48 bits per heavy atom. The molecule has 0 saturated heterocycles. The summed E-state index contributed by atoms with van der Waals surface area (Å²) >= 11 is 0. The molecule has 6 atom stereocenters. The molecule has 0 radical (unpaired) electrons. The van der Waals surface area contributed by atoms with Gasteiger partial charge >= 0.3 is 0 Å². The molecule has 8 nitrogen and oxygen atoms in total. The van der Waals surface area contributed by atoms with Gasteiger partial charge in [-0.3, -0.25) is 9.59 Å². The van der Waals surface area contributed by atoms with Gasteiger partial charge in [-0.2, -0.15) is 0 Å². The molecule has 284 valence electrons. The monoisotopic (exact) mass is 684 g/mol. The van der Waals surface area contributed by atoms with Gasteiger partial charge in [-0.05, 0) is 63.7 Å². The topological polar surface area (TPSA) is 147 Å². The number of aliphatic hydroxyl groups is 5. The van der Waals surface area contributed by atoms with Crippen LogP contribution in [0.5, 0.6) is 0 Å². The van der Waals surface area contributed by atoms with E-state index in [1.165, 1.54) is 19.3 Å². The quantitative estimate of drug-likeness (QED) is 0.0387. The minimum Gasteiger partial charge on any atom is -0.396 e. The molecule has 1 amide bonds. The highest BCUT2D eigenvalue weighted by Crippen LogP contribution is 2.28. The van der Waals surface area contributed by atoms with Crippen molar-refractivity contribution in [3.8, 4) is 0 Å². The lowest BCUT2D eigenvalue weighted by Gasteiger charge is -2.32. The zero-order valence-corrected chi connectivity index (χ0v) is 30.9. The molecule has 1 rings (SSSR count). The van der Waals surface area contributed by atoms with Crippen LogP contribution in [-0.2, 0) is 9.59 Å². The molecule has 1 fully saturated rings. The van der Waals surface area contributed by atoms with E-state index in [4.69, 9.17) is 5.11 Å². The predicted octanol–water partition coefficient (Wildman–Crippen LogP) is 7.83. The lowest BCUT2D eigenvalue weighted by molar-refractivity contribution is -0.124. The highest BCUT2D eigenvalue weighted by atomic mass is 16.3. The number of hydrogen-bond donors (Lipinski definition) is 6. The number of aliphatic hydroxyl groups excluding tert-OH is 5. The SMILES string of the molecule is CCCCCCCC(O)C(O)CCCCCCCC(=O)N[C@H]1CCCC[C@H]1CC(=O)CCCCCCCC(O)C(O)CCCCCCO. The van der Waals surface area contributed by atoms with Gasteiger partial charge in [0.15, 0.2) is 0 Å². The van der Waals surface area contributed by atoms with Crippen LogP contribution in [0.25, 0.3) is 0 Å². The van der Waals surface area contributed by atoms with Crippen molar-refractivity contribution in [2.45, 2.75) is 230 Å². The first-order valence-electron chi connectivity index (χ1n) is 20.4. The summed E-state index contributed by atoms with van der Waals surface area (Å²) in [6.07, 6.45) is 24.8. The minimum absolute atomic E-state index is 0.104. The normalized spacial score (nSPS) is 19.1. The minimum atomic E-state index is -0.667. The van der Waals surface area contributed by atoms with E-state index in [0.29, 0.717) is 50.7 Å². The predicted molar refractivity (Wildman–Crippen MR) is 196 cm³/mol. The Morgan fingerprint density at radius 1 is 0.562 bits per heavy atom. The van der Waals surface area contributed by atoms with E-state index in [0.717, 1.165) is 128 Å². The highest BCUT2D eigenvalue weighted by Gasteiger charge is 2.28. The summed E-state index contributed by atoms with van der Waals surface area (Å²) in [5.74, 6) is 0.659. The maximum Gasteiger partial charge on any atom is 0.220 e. The third-order valence-corrected chi connectivity index (χ3v) is 10.5. The Bertz CT molecular complexity index is 704. The number of ketones is 1. The van der Waals surface area contributed by atoms with Crippen LogP contribution in [-0.4, -0.2) is 74.3 Å². The van der Waals surface area contributed by atoms with Crippen LogP contribution in [0.4, 0.5) is 0 Å². The molecule has 1 saturated carbocycles. The molecule has 6 N–H and O–H groups in total. The molecule has 0 bridgehead atoms. The largest absolute Gasteiger partial charge is 0.396 e. The molecule has 8 heteroatoms. The molecule has 0 aromatic rings. The van der Waals surface area contributed by atoms with E-state index >= 15 is 0 Å². The van der Waals surface area contributed by atoms with Crippen LogP contribution in [0, 0.1) is 5.92 Å². The lowest BCUT2D eigenvalue weighted by atomic mass is 9.80. The van der Waals surface area contributed by atoms with Gasteiger partial charge in [0.1, 0.15) is 5.78 Å². The molecule has 4 unspecified atom stereocenters. The zero-order valence-electron chi connectivity index (χ0n) is 30.9. The fourth-order valence-corrected chi connectivity index (χ4v) is 7.24. The molecule has 0 aromatic carbocycles. The third kappa shape index (κ3) is 24.2. The summed E-state index contributed by atoms with van der Waals surface area (Å²) in [6, 6.07) is 0.108. The van der Waals surface area contributed by atoms with Gasteiger partial charge in [-0.1, -0.05) is 122 Å². The second-order valence-electron chi connectivity index (χ2n) is 15.0. The van der Waals surface area contributed by atoms with Gasteiger partial charge in [-0.15, -0.1) is 0 Å². The number of amides is 1. The molecule has 1 aliphatic carbocycles. The average molecular weight is 684 g/mol. The van der Waals surface area contributed by atoms with E-state index in [1.807, 2.05) is 0 Å². The Kier molecular flexibility index (Phi) is 28.8. The number of carbonyl (C=O) groups is 2. The van der Waals surface area contributed by atoms with Crippen molar-refractivity contribution in [1.29, 1.82) is 0 Å². The number of carbonyl (C=O) groups excluding carboxylic acids is 2. The summed E-state index contributed by atoms with van der Waals surface area (Å²) in [6.45, 7) is 2.40. The fraction of sp³-hybridized carbons (Fsp3) is 0.950. The molecule has 0 heterocycles. The van der Waals surface area contributed by atoms with Crippen LogP contribution in [0.3, 0.4) is 0 Å². The van der Waals surface area contributed by atoms with Crippen molar-refractivity contribution in [2.75, 3.05) is 6.61 Å². The van der Waals surface area contributed by atoms with Crippen molar-refractivity contribution in [3.63, 3.8) is 0 Å². The molecule has 0 aromatic heterocycles. The first kappa shape index (κ1) is 45.0. The van der Waals surface area contributed by atoms with E-state index < -0.39 is 24.4 Å². The van der Waals surface area contributed by atoms with Crippen LogP contribution in [0.15, 0.2) is 0 Å². The standard InChI is InChI=1S/C40H77NO7/c1-2-3-4-7-15-26-36(44)37(45)28-17-10-6-11-19-30-40(48)41-35-25-21-20-23-33(35)32-34(43)24-14-8-5-9-16-27-38(46)39(47)29-18-12-13-22-31-42/h33,35-39,42,44-47H,2-32H2,1H3,(H,41,48)/t33-,35-,36?,37?,38?,39?/m0/s1. The number of rotatable bonds is 33. The Labute approximate surface area is 294 Å². The lowest BCUT2D eigenvalue weighted by Crippen LogP contribution is -2.42. The van der Waals surface area contributed by atoms with Crippen molar-refractivity contribution in [1.82, 2.24) is 5.32 Å². The molecule has 0 aliphatic heterocycles. The van der Waals surface area contributed by atoms with Crippen LogP contribution < -0.4 is 5.32 Å². The Morgan fingerprint density at radius 2 is 0.979 bits per heavy atom. The molecule has 0 spiro atoms. The second kappa shape index (κ2) is 30.7. The van der Waals surface area contributed by atoms with Gasteiger partial charge in [0.25, 0.3) is 0 Å². The first-order chi connectivity index (χ1) is 23.3. The number of unbranched alkanes of at least 4 members (excludes halogenated alkanes) is 15. The summed E-state index contributed by atoms with van der Waals surface area (Å²) in [7, 11) is 0. The number of nitrogens with one attached hydrogen (secondary N) is 1. The number of hydrogen-bond acceptors (Lipinski definition) is 7. The van der Waals surface area contributed by atoms with Crippen molar-refractivity contribution in [3.05, 3.63) is 0 Å². The van der Waals surface area contributed by atoms with Gasteiger partial charge < -0.3 is 30.8 Å². The van der Waals surface area contributed by atoms with E-state index in [2.05, 4.69) is 12.2 Å². The summed E-state index contributed by atoms with van der Waals surface area (Å²) in [5.41, 5.74) is 0. The van der Waals surface area contributed by atoms with Crippen molar-refractivity contribution in [2.24, 2.45) is 5.92 Å². The van der Waals surface area contributed by atoms with Gasteiger partial charge in [0.05, 0.1) is 24.4 Å². The van der Waals surface area contributed by atoms with E-state index in [9.17, 15) is 30.0 Å². The van der Waals surface area contributed by atoms with Crippen molar-refractivity contribution < 1.29 is 35.1 Å². The highest BCUT2D eigenvalue weighted by molar-refractivity contribution is 5.79. The molecule has 1 aliphatic rings. The second-order valence-corrected chi connectivity index (χ2v) is 15.0. The summed E-state index contributed by atoms with van der Waals surface area (Å²) in [5, 5.41) is 52.8. The average Bonchev–Trinajstić information content (AvgIpc) is 3.07. The van der Waals surface area contributed by atoms with E-state index in [1.54, 1.807) is 0 Å². The Hall–Kier alpha value is -1.06. The number of Topliss-reactive ketones (excluding diaryl/α,β-unsaturated/α-hetero) is 1. The Balaban J connectivity index is 2.10. The van der Waals surface area contributed by atoms with Crippen LogP contribution in [0.2, 0.25) is 0 Å². The third-order valence-electron chi connectivity index (χ3n) is 10.5. The fourth-order valence-electron chi connectivity index (χ4n) is 7.24. The van der Waals surface area contributed by atoms with Crippen molar-refractivity contribution >= 4 is 11.7 Å². The molecule has 48 heavy (non-hydrogen) atoms. The van der Waals surface area contributed by atoms with Gasteiger partial charge in [0, 0.05) is 31.9 Å². The first-order valence-corrected chi connectivity index (χ1v) is 20.4. The van der Waals surface area contributed by atoms with Gasteiger partial charge in [0.2, 0.25) is 5.91 Å². The van der Waals surface area contributed by atoms with E-state index in [-0.39, 0.29) is 24.5 Å². The molecular weight excluding hydrogens is 606 g/mol. The zero-order chi connectivity index (χ0) is 35.2. The summed E-state index contributed by atoms with van der Waals surface area (Å²) in [4.78, 5) is 25.5. The summed E-state index contributed by atoms with van der Waals surface area (Å²) < 4.78 is 0. The van der Waals surface area contributed by atoms with Crippen LogP contribution >= 0.6 is 0 Å². The van der Waals surface area contributed by atoms with Gasteiger partial charge in [-0.25, -0.2) is 0 Å². The molecular formula is C40H77NO7. The maximum atomic E-state index is 12.8. The maximum absolute atomic E-state index is 12.8. The smallest absolute Gasteiger partial charge is 0.220 e. The van der Waals surface area contributed by atoms with Crippen LogP contribution in [0.1, 0.15) is 200 Å².